The summed E-state index contributed by atoms with van der Waals surface area (Å²) >= 11 is 0. The van der Waals surface area contributed by atoms with Crippen molar-refractivity contribution in [2.24, 2.45) is 0 Å². The van der Waals surface area contributed by atoms with Gasteiger partial charge in [-0.25, -0.2) is 4.98 Å². The number of hydrogen-bond acceptors (Lipinski definition) is 4. The Labute approximate surface area is 156 Å². The molecule has 1 saturated heterocycles. The third-order valence-electron chi connectivity index (χ3n) is 4.94. The van der Waals surface area contributed by atoms with Crippen LogP contribution in [-0.2, 0) is 6.54 Å². The molecule has 0 aliphatic carbocycles. The number of carbonyl (C=O) groups is 1. The van der Waals surface area contributed by atoms with Crippen LogP contribution in [0.4, 0.5) is 5.82 Å². The molecule has 26 heavy (non-hydrogen) atoms. The first-order valence-corrected chi connectivity index (χ1v) is 9.44. The lowest BCUT2D eigenvalue weighted by Gasteiger charge is -2.35. The Balaban J connectivity index is 1.57. The fraction of sp³-hybridized carbons (Fsp3) is 0.429. The quantitative estimate of drug-likeness (QED) is 0.868. The van der Waals surface area contributed by atoms with Crippen LogP contribution >= 0.6 is 0 Å². The number of anilines is 1. The van der Waals surface area contributed by atoms with E-state index in [0.717, 1.165) is 45.0 Å². The summed E-state index contributed by atoms with van der Waals surface area (Å²) in [4.78, 5) is 21.5. The van der Waals surface area contributed by atoms with E-state index in [1.807, 2.05) is 13.0 Å². The molecule has 0 radical (unpaired) electrons. The van der Waals surface area contributed by atoms with Gasteiger partial charge in [0.2, 0.25) is 0 Å². The Morgan fingerprint density at radius 2 is 1.88 bits per heavy atom. The first-order chi connectivity index (χ1) is 12.7. The molecule has 1 fully saturated rings. The van der Waals surface area contributed by atoms with Crippen molar-refractivity contribution >= 4 is 11.7 Å². The van der Waals surface area contributed by atoms with E-state index < -0.39 is 0 Å². The van der Waals surface area contributed by atoms with Crippen molar-refractivity contribution in [1.29, 1.82) is 0 Å². The summed E-state index contributed by atoms with van der Waals surface area (Å²) in [6.45, 7) is 8.93. The number of rotatable bonds is 6. The number of benzene rings is 1. The zero-order valence-corrected chi connectivity index (χ0v) is 15.7. The van der Waals surface area contributed by atoms with Gasteiger partial charge in [0.15, 0.2) is 0 Å². The van der Waals surface area contributed by atoms with E-state index in [2.05, 4.69) is 57.4 Å². The van der Waals surface area contributed by atoms with Gasteiger partial charge in [0.1, 0.15) is 5.82 Å². The minimum absolute atomic E-state index is 0.0225. The molecule has 3 rings (SSSR count). The second-order valence-corrected chi connectivity index (χ2v) is 6.93. The van der Waals surface area contributed by atoms with Crippen molar-refractivity contribution in [2.75, 3.05) is 31.1 Å². The lowest BCUT2D eigenvalue weighted by molar-refractivity contribution is 0.0939. The minimum atomic E-state index is -0.0225. The number of aromatic nitrogens is 1. The number of piperazine rings is 1. The Morgan fingerprint density at radius 1 is 1.15 bits per heavy atom. The van der Waals surface area contributed by atoms with Crippen LogP contribution < -0.4 is 10.2 Å². The summed E-state index contributed by atoms with van der Waals surface area (Å²) in [6, 6.07) is 14.5. The molecule has 1 amide bonds. The molecule has 2 aromatic rings. The van der Waals surface area contributed by atoms with E-state index in [-0.39, 0.29) is 11.9 Å². The van der Waals surface area contributed by atoms with E-state index in [4.69, 9.17) is 0 Å². The first kappa shape index (κ1) is 18.4. The number of hydrogen-bond donors (Lipinski definition) is 1. The minimum Gasteiger partial charge on any atom is -0.354 e. The lowest BCUT2D eigenvalue weighted by Crippen LogP contribution is -2.46. The first-order valence-electron chi connectivity index (χ1n) is 9.44. The second-order valence-electron chi connectivity index (χ2n) is 6.93. The molecule has 138 valence electrons. The van der Waals surface area contributed by atoms with Crippen LogP contribution in [0.3, 0.4) is 0 Å². The Morgan fingerprint density at radius 3 is 2.58 bits per heavy atom. The topological polar surface area (TPSA) is 48.5 Å². The standard InChI is InChI=1S/C21H28N4O/c1-3-17(2)23-21(26)19-9-10-22-20(15-19)25-13-11-24(12-14-25)16-18-7-5-4-6-8-18/h4-10,15,17H,3,11-14,16H2,1-2H3,(H,23,26). The molecule has 0 saturated carbocycles. The van der Waals surface area contributed by atoms with E-state index >= 15 is 0 Å². The molecule has 0 spiro atoms. The van der Waals surface area contributed by atoms with Gasteiger partial charge >= 0.3 is 0 Å². The number of carbonyl (C=O) groups excluding carboxylic acids is 1. The van der Waals surface area contributed by atoms with Crippen molar-refractivity contribution in [3.63, 3.8) is 0 Å². The average molecular weight is 352 g/mol. The molecule has 5 nitrogen and oxygen atoms in total. The number of nitrogens with zero attached hydrogens (tertiary/aromatic N) is 3. The largest absolute Gasteiger partial charge is 0.354 e. The highest BCUT2D eigenvalue weighted by molar-refractivity contribution is 5.95. The van der Waals surface area contributed by atoms with Crippen molar-refractivity contribution in [3.05, 3.63) is 59.8 Å². The van der Waals surface area contributed by atoms with Crippen LogP contribution in [0.25, 0.3) is 0 Å². The van der Waals surface area contributed by atoms with Crippen LogP contribution in [0, 0.1) is 0 Å². The van der Waals surface area contributed by atoms with Gasteiger partial charge in [-0.05, 0) is 31.0 Å². The van der Waals surface area contributed by atoms with Crippen LogP contribution in [-0.4, -0.2) is 48.0 Å². The third-order valence-corrected chi connectivity index (χ3v) is 4.94. The van der Waals surface area contributed by atoms with Gasteiger partial charge in [0.25, 0.3) is 5.91 Å². The molecule has 1 aliphatic heterocycles. The molecule has 1 unspecified atom stereocenters. The molecular weight excluding hydrogens is 324 g/mol. The number of nitrogens with one attached hydrogen (secondary N) is 1. The highest BCUT2D eigenvalue weighted by atomic mass is 16.1. The molecule has 5 heteroatoms. The molecule has 1 atom stereocenters. The maximum absolute atomic E-state index is 12.3. The summed E-state index contributed by atoms with van der Waals surface area (Å²) in [6.07, 6.45) is 2.66. The molecule has 1 aromatic heterocycles. The van der Waals surface area contributed by atoms with Gasteiger partial charge in [-0.2, -0.15) is 0 Å². The van der Waals surface area contributed by atoms with Gasteiger partial charge in [-0.15, -0.1) is 0 Å². The summed E-state index contributed by atoms with van der Waals surface area (Å²) in [7, 11) is 0. The molecule has 1 aliphatic rings. The van der Waals surface area contributed by atoms with Crippen molar-refractivity contribution in [3.8, 4) is 0 Å². The maximum Gasteiger partial charge on any atom is 0.251 e. The Hall–Kier alpha value is -2.40. The SMILES string of the molecule is CCC(C)NC(=O)c1ccnc(N2CCN(Cc3ccccc3)CC2)c1. The molecular formula is C21H28N4O. The van der Waals surface area contributed by atoms with Crippen LogP contribution in [0.15, 0.2) is 48.7 Å². The predicted molar refractivity (Wildman–Crippen MR) is 105 cm³/mol. The average Bonchev–Trinajstić information content (AvgIpc) is 2.69. The summed E-state index contributed by atoms with van der Waals surface area (Å²) in [5.41, 5.74) is 2.03. The van der Waals surface area contributed by atoms with E-state index in [0.29, 0.717) is 5.56 Å². The summed E-state index contributed by atoms with van der Waals surface area (Å²) < 4.78 is 0. The number of pyridine rings is 1. The maximum atomic E-state index is 12.3. The highest BCUT2D eigenvalue weighted by Gasteiger charge is 2.19. The fourth-order valence-corrected chi connectivity index (χ4v) is 3.12. The second kappa shape index (κ2) is 8.81. The molecule has 2 heterocycles. The van der Waals surface area contributed by atoms with E-state index in [9.17, 15) is 4.79 Å². The van der Waals surface area contributed by atoms with Crippen LogP contribution in [0.5, 0.6) is 0 Å². The van der Waals surface area contributed by atoms with Crippen molar-refractivity contribution in [2.45, 2.75) is 32.9 Å². The fourth-order valence-electron chi connectivity index (χ4n) is 3.12. The number of amides is 1. The zero-order chi connectivity index (χ0) is 18.4. The molecule has 1 N–H and O–H groups in total. The van der Waals surface area contributed by atoms with E-state index in [1.165, 1.54) is 5.56 Å². The molecule has 0 bridgehead atoms. The normalized spacial score (nSPS) is 16.3. The Kier molecular flexibility index (Phi) is 6.23. The smallest absolute Gasteiger partial charge is 0.251 e. The van der Waals surface area contributed by atoms with Gasteiger partial charge in [-0.1, -0.05) is 37.3 Å². The zero-order valence-electron chi connectivity index (χ0n) is 15.7. The lowest BCUT2D eigenvalue weighted by atomic mass is 10.2. The van der Waals surface area contributed by atoms with Gasteiger partial charge in [0, 0.05) is 50.5 Å². The van der Waals surface area contributed by atoms with Gasteiger partial charge < -0.3 is 10.2 Å². The predicted octanol–water partition coefficient (Wildman–Crippen LogP) is 2.93. The summed E-state index contributed by atoms with van der Waals surface area (Å²) in [5, 5.41) is 3.02. The third kappa shape index (κ3) is 4.82. The molecule has 1 aromatic carbocycles. The van der Waals surface area contributed by atoms with Gasteiger partial charge in [-0.3, -0.25) is 9.69 Å². The van der Waals surface area contributed by atoms with Crippen molar-refractivity contribution in [1.82, 2.24) is 15.2 Å². The van der Waals surface area contributed by atoms with Crippen LogP contribution in [0.1, 0.15) is 36.2 Å². The van der Waals surface area contributed by atoms with Gasteiger partial charge in [0.05, 0.1) is 0 Å². The van der Waals surface area contributed by atoms with Crippen LogP contribution in [0.2, 0.25) is 0 Å². The van der Waals surface area contributed by atoms with E-state index in [1.54, 1.807) is 12.3 Å². The van der Waals surface area contributed by atoms with Crippen molar-refractivity contribution < 1.29 is 4.79 Å². The monoisotopic (exact) mass is 352 g/mol. The highest BCUT2D eigenvalue weighted by Crippen LogP contribution is 2.16. The summed E-state index contributed by atoms with van der Waals surface area (Å²) in [5.74, 6) is 0.867. The Bertz CT molecular complexity index is 711.